The summed E-state index contributed by atoms with van der Waals surface area (Å²) in [6.07, 6.45) is 3.45. The predicted molar refractivity (Wildman–Crippen MR) is 71.8 cm³/mol. The molecule has 1 aromatic carbocycles. The van der Waals surface area contributed by atoms with Crippen LogP contribution in [0.15, 0.2) is 35.9 Å². The minimum Gasteiger partial charge on any atom is -0.141 e. The van der Waals surface area contributed by atoms with Crippen molar-refractivity contribution in [1.82, 2.24) is 0 Å². The second-order valence-electron chi connectivity index (χ2n) is 4.46. The molecule has 0 radical (unpaired) electrons. The van der Waals surface area contributed by atoms with Crippen LogP contribution >= 0.6 is 11.3 Å². The maximum Gasteiger partial charge on any atom is 0.0351 e. The number of thiophene rings is 1. The van der Waals surface area contributed by atoms with Crippen LogP contribution in [0.4, 0.5) is 0 Å². The van der Waals surface area contributed by atoms with E-state index in [-0.39, 0.29) is 0 Å². The summed E-state index contributed by atoms with van der Waals surface area (Å²) < 4.78 is 0. The topological polar surface area (TPSA) is 0 Å². The highest BCUT2D eigenvalue weighted by molar-refractivity contribution is 7.15. The van der Waals surface area contributed by atoms with Crippen molar-refractivity contribution in [2.75, 3.05) is 0 Å². The Kier molecular flexibility index (Phi) is 2.22. The average molecular weight is 226 g/mol. The Morgan fingerprint density at radius 2 is 1.94 bits per heavy atom. The Hall–Kier alpha value is -1.34. The molecule has 0 amide bonds. The van der Waals surface area contributed by atoms with Crippen molar-refractivity contribution < 1.29 is 0 Å². The molecule has 0 atom stereocenters. The zero-order chi connectivity index (χ0) is 11.1. The first-order chi connectivity index (χ1) is 7.74. The van der Waals surface area contributed by atoms with Gasteiger partial charge in [-0.1, -0.05) is 29.8 Å². The zero-order valence-corrected chi connectivity index (χ0v) is 10.4. The molecule has 2 aromatic rings. The molecule has 1 heteroatoms. The van der Waals surface area contributed by atoms with Crippen LogP contribution in [0.3, 0.4) is 0 Å². The number of rotatable bonds is 1. The number of fused-ring (bicyclic) bond motifs is 1. The van der Waals surface area contributed by atoms with Crippen LogP contribution in [0, 0.1) is 6.92 Å². The number of aryl methyl sites for hydroxylation is 1. The standard InChI is InChI=1S/C15H14S/c1-10-8-12-4-3-5-13(14(12)9-10)15-7-6-11(2)16-15/h3-7,9H,8H2,1-2H3. The quantitative estimate of drug-likeness (QED) is 0.662. The first-order valence-electron chi connectivity index (χ1n) is 5.60. The molecule has 1 aromatic heterocycles. The third-order valence-electron chi connectivity index (χ3n) is 3.06. The molecule has 1 heterocycles. The molecular formula is C15H14S. The van der Waals surface area contributed by atoms with E-state index in [1.165, 1.54) is 32.0 Å². The van der Waals surface area contributed by atoms with Crippen molar-refractivity contribution in [2.24, 2.45) is 0 Å². The highest BCUT2D eigenvalue weighted by atomic mass is 32.1. The summed E-state index contributed by atoms with van der Waals surface area (Å²) >= 11 is 1.88. The molecular weight excluding hydrogens is 212 g/mol. The van der Waals surface area contributed by atoms with Crippen molar-refractivity contribution in [1.29, 1.82) is 0 Å². The van der Waals surface area contributed by atoms with Gasteiger partial charge in [-0.25, -0.2) is 0 Å². The summed E-state index contributed by atoms with van der Waals surface area (Å²) in [5, 5.41) is 0. The molecule has 0 spiro atoms. The van der Waals surface area contributed by atoms with Crippen LogP contribution in [0.25, 0.3) is 16.5 Å². The van der Waals surface area contributed by atoms with E-state index in [4.69, 9.17) is 0 Å². The van der Waals surface area contributed by atoms with Gasteiger partial charge in [0.25, 0.3) is 0 Å². The van der Waals surface area contributed by atoms with E-state index in [1.54, 1.807) is 0 Å². The van der Waals surface area contributed by atoms with Crippen molar-refractivity contribution in [3.8, 4) is 10.4 Å². The molecule has 16 heavy (non-hydrogen) atoms. The molecule has 3 rings (SSSR count). The lowest BCUT2D eigenvalue weighted by Crippen LogP contribution is -1.84. The fraction of sp³-hybridized carbons (Fsp3) is 0.200. The van der Waals surface area contributed by atoms with Gasteiger partial charge in [-0.2, -0.15) is 0 Å². The largest absolute Gasteiger partial charge is 0.141 e. The van der Waals surface area contributed by atoms with Crippen molar-refractivity contribution in [3.63, 3.8) is 0 Å². The molecule has 0 nitrogen and oxygen atoms in total. The van der Waals surface area contributed by atoms with Gasteiger partial charge in [0.2, 0.25) is 0 Å². The SMILES string of the molecule is CC1=Cc2c(cccc2-c2ccc(C)s2)C1. The van der Waals surface area contributed by atoms with Crippen LogP contribution < -0.4 is 0 Å². The van der Waals surface area contributed by atoms with Gasteiger partial charge in [0, 0.05) is 9.75 Å². The first-order valence-corrected chi connectivity index (χ1v) is 6.41. The Morgan fingerprint density at radius 3 is 2.69 bits per heavy atom. The van der Waals surface area contributed by atoms with Gasteiger partial charge < -0.3 is 0 Å². The smallest absolute Gasteiger partial charge is 0.0351 e. The molecule has 80 valence electrons. The molecule has 0 fully saturated rings. The Balaban J connectivity index is 2.19. The average Bonchev–Trinajstić information content (AvgIpc) is 2.82. The Morgan fingerprint density at radius 1 is 1.06 bits per heavy atom. The van der Waals surface area contributed by atoms with Crippen LogP contribution in [0.2, 0.25) is 0 Å². The fourth-order valence-electron chi connectivity index (χ4n) is 2.33. The van der Waals surface area contributed by atoms with Gasteiger partial charge in [0.05, 0.1) is 0 Å². The molecule has 0 saturated carbocycles. The zero-order valence-electron chi connectivity index (χ0n) is 9.58. The summed E-state index contributed by atoms with van der Waals surface area (Å²) in [4.78, 5) is 2.77. The Bertz CT molecular complexity index is 573. The lowest BCUT2D eigenvalue weighted by atomic mass is 10.0. The third kappa shape index (κ3) is 1.52. The van der Waals surface area contributed by atoms with Gasteiger partial charge in [0.1, 0.15) is 0 Å². The number of hydrogen-bond donors (Lipinski definition) is 0. The molecule has 1 aliphatic carbocycles. The predicted octanol–water partition coefficient (Wildman–Crippen LogP) is 4.68. The van der Waals surface area contributed by atoms with Gasteiger partial charge >= 0.3 is 0 Å². The Labute approximate surface area is 100 Å². The maximum absolute atomic E-state index is 2.33. The van der Waals surface area contributed by atoms with Crippen molar-refractivity contribution >= 4 is 17.4 Å². The number of allylic oxidation sites excluding steroid dienone is 1. The number of benzene rings is 1. The summed E-state index contributed by atoms with van der Waals surface area (Å²) in [5.41, 5.74) is 5.77. The maximum atomic E-state index is 2.33. The normalized spacial score (nSPS) is 13.8. The van der Waals surface area contributed by atoms with E-state index in [0.29, 0.717) is 0 Å². The van der Waals surface area contributed by atoms with E-state index in [2.05, 4.69) is 50.3 Å². The second-order valence-corrected chi connectivity index (χ2v) is 5.74. The molecule has 0 saturated heterocycles. The van der Waals surface area contributed by atoms with Gasteiger partial charge in [-0.05, 0) is 49.1 Å². The lowest BCUT2D eigenvalue weighted by Gasteiger charge is -2.04. The van der Waals surface area contributed by atoms with Gasteiger partial charge in [-0.3, -0.25) is 0 Å². The highest BCUT2D eigenvalue weighted by Crippen LogP contribution is 2.36. The van der Waals surface area contributed by atoms with Crippen LogP contribution in [-0.2, 0) is 6.42 Å². The number of hydrogen-bond acceptors (Lipinski definition) is 1. The first kappa shape index (κ1) is 9.86. The fourth-order valence-corrected chi connectivity index (χ4v) is 3.24. The van der Waals surface area contributed by atoms with Crippen molar-refractivity contribution in [3.05, 3.63) is 51.9 Å². The van der Waals surface area contributed by atoms with Gasteiger partial charge in [0.15, 0.2) is 0 Å². The molecule has 0 N–H and O–H groups in total. The van der Waals surface area contributed by atoms with E-state index in [9.17, 15) is 0 Å². The molecule has 0 aliphatic heterocycles. The van der Waals surface area contributed by atoms with Crippen LogP contribution in [-0.4, -0.2) is 0 Å². The third-order valence-corrected chi connectivity index (χ3v) is 4.10. The van der Waals surface area contributed by atoms with Crippen LogP contribution in [0.1, 0.15) is 22.9 Å². The molecule has 0 bridgehead atoms. The van der Waals surface area contributed by atoms with E-state index in [1.807, 2.05) is 11.3 Å². The van der Waals surface area contributed by atoms with E-state index < -0.39 is 0 Å². The minimum atomic E-state index is 1.12. The summed E-state index contributed by atoms with van der Waals surface area (Å²) in [6, 6.07) is 11.1. The van der Waals surface area contributed by atoms with E-state index >= 15 is 0 Å². The second kappa shape index (κ2) is 3.60. The minimum absolute atomic E-state index is 1.12. The summed E-state index contributed by atoms with van der Waals surface area (Å²) in [6.45, 7) is 4.38. The van der Waals surface area contributed by atoms with E-state index in [0.717, 1.165) is 6.42 Å². The molecule has 1 aliphatic rings. The van der Waals surface area contributed by atoms with Crippen LogP contribution in [0.5, 0.6) is 0 Å². The van der Waals surface area contributed by atoms with Crippen molar-refractivity contribution in [2.45, 2.75) is 20.3 Å². The molecule has 0 unspecified atom stereocenters. The highest BCUT2D eigenvalue weighted by Gasteiger charge is 2.14. The lowest BCUT2D eigenvalue weighted by molar-refractivity contribution is 1.20. The monoisotopic (exact) mass is 226 g/mol. The van der Waals surface area contributed by atoms with Gasteiger partial charge in [-0.15, -0.1) is 11.3 Å². The summed E-state index contributed by atoms with van der Waals surface area (Å²) in [7, 11) is 0. The summed E-state index contributed by atoms with van der Waals surface area (Å²) in [5.74, 6) is 0.